The van der Waals surface area contributed by atoms with Crippen LogP contribution in [0.2, 0.25) is 0 Å². The summed E-state index contributed by atoms with van der Waals surface area (Å²) in [5.74, 6) is 0.865. The Labute approximate surface area is 109 Å². The second kappa shape index (κ2) is 3.98. The minimum Gasteiger partial charge on any atom is -0.363 e. The standard InChI is InChI=1S/C14H24N4/c1-10-7-15-14(3,12-5-6-12)9-18(10)13-8-17(4)16-11(13)2/h8,10,12,15H,5-7,9H2,1-4H3. The number of anilines is 1. The van der Waals surface area contributed by atoms with E-state index in [0.717, 1.165) is 24.7 Å². The summed E-state index contributed by atoms with van der Waals surface area (Å²) < 4.78 is 1.92. The Morgan fingerprint density at radius 1 is 1.44 bits per heavy atom. The van der Waals surface area contributed by atoms with Crippen LogP contribution < -0.4 is 10.2 Å². The molecule has 2 heterocycles. The third-order valence-corrected chi connectivity index (χ3v) is 4.61. The van der Waals surface area contributed by atoms with E-state index in [2.05, 4.69) is 42.3 Å². The van der Waals surface area contributed by atoms with Gasteiger partial charge in [0.25, 0.3) is 0 Å². The first-order valence-electron chi connectivity index (χ1n) is 7.01. The molecule has 4 nitrogen and oxygen atoms in total. The van der Waals surface area contributed by atoms with Crippen molar-refractivity contribution in [3.63, 3.8) is 0 Å². The van der Waals surface area contributed by atoms with Gasteiger partial charge in [-0.2, -0.15) is 5.10 Å². The van der Waals surface area contributed by atoms with E-state index in [1.165, 1.54) is 18.5 Å². The zero-order valence-electron chi connectivity index (χ0n) is 11.9. The Bertz CT molecular complexity index is 449. The largest absolute Gasteiger partial charge is 0.363 e. The van der Waals surface area contributed by atoms with Crippen LogP contribution in [0.3, 0.4) is 0 Å². The topological polar surface area (TPSA) is 33.1 Å². The molecule has 1 saturated heterocycles. The second-order valence-electron chi connectivity index (χ2n) is 6.32. The summed E-state index contributed by atoms with van der Waals surface area (Å²) in [6.07, 6.45) is 4.93. The second-order valence-corrected chi connectivity index (χ2v) is 6.32. The molecule has 2 fully saturated rings. The van der Waals surface area contributed by atoms with Crippen LogP contribution in [0.15, 0.2) is 6.20 Å². The molecule has 0 aromatic carbocycles. The minimum atomic E-state index is 0.286. The first kappa shape index (κ1) is 12.0. The van der Waals surface area contributed by atoms with Gasteiger partial charge in [-0.05, 0) is 39.5 Å². The van der Waals surface area contributed by atoms with Gasteiger partial charge in [-0.25, -0.2) is 0 Å². The minimum absolute atomic E-state index is 0.286. The number of nitrogens with one attached hydrogen (secondary N) is 1. The van der Waals surface area contributed by atoms with Crippen LogP contribution in [-0.2, 0) is 7.05 Å². The smallest absolute Gasteiger partial charge is 0.0827 e. The fraction of sp³-hybridized carbons (Fsp3) is 0.786. The van der Waals surface area contributed by atoms with Crippen LogP contribution in [0, 0.1) is 12.8 Å². The van der Waals surface area contributed by atoms with E-state index in [-0.39, 0.29) is 5.54 Å². The summed E-state index contributed by atoms with van der Waals surface area (Å²) in [7, 11) is 2.00. The molecule has 0 bridgehead atoms. The fourth-order valence-electron chi connectivity index (χ4n) is 3.24. The van der Waals surface area contributed by atoms with E-state index >= 15 is 0 Å². The average molecular weight is 248 g/mol. The molecule has 3 rings (SSSR count). The van der Waals surface area contributed by atoms with Gasteiger partial charge in [-0.3, -0.25) is 4.68 Å². The summed E-state index contributed by atoms with van der Waals surface area (Å²) in [4.78, 5) is 2.54. The van der Waals surface area contributed by atoms with Gasteiger partial charge in [0.15, 0.2) is 0 Å². The van der Waals surface area contributed by atoms with Gasteiger partial charge in [0.1, 0.15) is 0 Å². The molecule has 1 aromatic heterocycles. The maximum absolute atomic E-state index is 4.48. The van der Waals surface area contributed by atoms with Crippen molar-refractivity contribution in [1.29, 1.82) is 0 Å². The first-order valence-corrected chi connectivity index (χ1v) is 7.01. The van der Waals surface area contributed by atoms with Gasteiger partial charge in [0.05, 0.1) is 11.4 Å². The molecule has 1 N–H and O–H groups in total. The molecular weight excluding hydrogens is 224 g/mol. The van der Waals surface area contributed by atoms with Crippen molar-refractivity contribution in [3.05, 3.63) is 11.9 Å². The lowest BCUT2D eigenvalue weighted by molar-refractivity contribution is 0.260. The molecule has 1 aromatic rings. The highest BCUT2D eigenvalue weighted by Gasteiger charge is 2.45. The molecule has 0 amide bonds. The van der Waals surface area contributed by atoms with Crippen molar-refractivity contribution < 1.29 is 0 Å². The zero-order valence-corrected chi connectivity index (χ0v) is 11.9. The zero-order chi connectivity index (χ0) is 12.9. The molecule has 4 heteroatoms. The number of piperazine rings is 1. The molecule has 1 saturated carbocycles. The monoisotopic (exact) mass is 248 g/mol. The Morgan fingerprint density at radius 3 is 2.72 bits per heavy atom. The van der Waals surface area contributed by atoms with Gasteiger partial charge in [-0.1, -0.05) is 0 Å². The van der Waals surface area contributed by atoms with Gasteiger partial charge < -0.3 is 10.2 Å². The normalized spacial score (nSPS) is 32.9. The number of hydrogen-bond donors (Lipinski definition) is 1. The van der Waals surface area contributed by atoms with Gasteiger partial charge >= 0.3 is 0 Å². The fourth-order valence-corrected chi connectivity index (χ4v) is 3.24. The summed E-state index contributed by atoms with van der Waals surface area (Å²) in [5, 5.41) is 8.25. The van der Waals surface area contributed by atoms with Crippen molar-refractivity contribution in [2.24, 2.45) is 13.0 Å². The highest BCUT2D eigenvalue weighted by molar-refractivity contribution is 5.51. The third-order valence-electron chi connectivity index (χ3n) is 4.61. The SMILES string of the molecule is Cc1nn(C)cc1N1CC(C)(C2CC2)NCC1C. The molecule has 18 heavy (non-hydrogen) atoms. The maximum atomic E-state index is 4.48. The third kappa shape index (κ3) is 1.92. The van der Waals surface area contributed by atoms with Crippen molar-refractivity contribution >= 4 is 5.69 Å². The van der Waals surface area contributed by atoms with Gasteiger partial charge in [0, 0.05) is 37.9 Å². The number of hydrogen-bond acceptors (Lipinski definition) is 3. The Morgan fingerprint density at radius 2 is 2.17 bits per heavy atom. The molecule has 1 aliphatic carbocycles. The number of aryl methyl sites for hydroxylation is 2. The van der Waals surface area contributed by atoms with Crippen LogP contribution in [0.25, 0.3) is 0 Å². The molecular formula is C14H24N4. The lowest BCUT2D eigenvalue weighted by Gasteiger charge is -2.46. The van der Waals surface area contributed by atoms with Crippen LogP contribution in [0.1, 0.15) is 32.4 Å². The Kier molecular flexibility index (Phi) is 2.66. The predicted molar refractivity (Wildman–Crippen MR) is 73.9 cm³/mol. The highest BCUT2D eigenvalue weighted by Crippen LogP contribution is 2.42. The Hall–Kier alpha value is -1.03. The molecule has 0 radical (unpaired) electrons. The van der Waals surface area contributed by atoms with E-state index < -0.39 is 0 Å². The van der Waals surface area contributed by atoms with E-state index in [1.807, 2.05) is 11.7 Å². The molecule has 2 unspecified atom stereocenters. The van der Waals surface area contributed by atoms with E-state index in [9.17, 15) is 0 Å². The number of nitrogens with zero attached hydrogens (tertiary/aromatic N) is 3. The predicted octanol–water partition coefficient (Wildman–Crippen LogP) is 1.70. The molecule has 2 aliphatic rings. The van der Waals surface area contributed by atoms with Gasteiger partial charge in [0.2, 0.25) is 0 Å². The summed E-state index contributed by atoms with van der Waals surface area (Å²) in [6.45, 7) is 8.96. The van der Waals surface area contributed by atoms with Gasteiger partial charge in [-0.15, -0.1) is 0 Å². The number of rotatable bonds is 2. The lowest BCUT2D eigenvalue weighted by Crippen LogP contribution is -2.63. The van der Waals surface area contributed by atoms with Crippen LogP contribution >= 0.6 is 0 Å². The van der Waals surface area contributed by atoms with Crippen LogP contribution in [0.4, 0.5) is 5.69 Å². The number of aromatic nitrogens is 2. The Balaban J connectivity index is 1.87. The van der Waals surface area contributed by atoms with E-state index in [4.69, 9.17) is 0 Å². The summed E-state index contributed by atoms with van der Waals surface area (Å²) in [6, 6.07) is 0.541. The van der Waals surface area contributed by atoms with Crippen molar-refractivity contribution in [1.82, 2.24) is 15.1 Å². The van der Waals surface area contributed by atoms with Crippen LogP contribution in [-0.4, -0.2) is 34.5 Å². The van der Waals surface area contributed by atoms with Crippen molar-refractivity contribution in [2.45, 2.75) is 45.2 Å². The summed E-state index contributed by atoms with van der Waals surface area (Å²) in [5.41, 5.74) is 2.73. The van der Waals surface area contributed by atoms with Crippen molar-refractivity contribution in [2.75, 3.05) is 18.0 Å². The maximum Gasteiger partial charge on any atom is 0.0827 e. The van der Waals surface area contributed by atoms with Crippen molar-refractivity contribution in [3.8, 4) is 0 Å². The molecule has 2 atom stereocenters. The van der Waals surface area contributed by atoms with E-state index in [0.29, 0.717) is 6.04 Å². The lowest BCUT2D eigenvalue weighted by atomic mass is 9.91. The molecule has 100 valence electrons. The van der Waals surface area contributed by atoms with Crippen LogP contribution in [0.5, 0.6) is 0 Å². The first-order chi connectivity index (χ1) is 8.49. The quantitative estimate of drug-likeness (QED) is 0.864. The van der Waals surface area contributed by atoms with E-state index in [1.54, 1.807) is 0 Å². The molecule has 0 spiro atoms. The average Bonchev–Trinajstić information content (AvgIpc) is 3.10. The molecule has 1 aliphatic heterocycles. The highest BCUT2D eigenvalue weighted by atomic mass is 15.3. The summed E-state index contributed by atoms with van der Waals surface area (Å²) >= 11 is 0.